The van der Waals surface area contributed by atoms with E-state index in [9.17, 15) is 0 Å². The zero-order valence-corrected chi connectivity index (χ0v) is 12.6. The maximum atomic E-state index is 6.00. The van der Waals surface area contributed by atoms with Gasteiger partial charge in [-0.15, -0.1) is 0 Å². The summed E-state index contributed by atoms with van der Waals surface area (Å²) in [6.07, 6.45) is 6.23. The summed E-state index contributed by atoms with van der Waals surface area (Å²) in [5, 5.41) is 4.28. The molecule has 1 saturated heterocycles. The maximum absolute atomic E-state index is 6.00. The van der Waals surface area contributed by atoms with E-state index in [4.69, 9.17) is 11.6 Å². The molecule has 1 aromatic heterocycles. The van der Waals surface area contributed by atoms with E-state index in [1.807, 2.05) is 30.7 Å². The van der Waals surface area contributed by atoms with Crippen LogP contribution in [0.5, 0.6) is 0 Å². The minimum Gasteiger partial charge on any atom is -0.309 e. The molecular formula is C13H13ClIN3. The Hall–Kier alpha value is -0.590. The van der Waals surface area contributed by atoms with Crippen molar-refractivity contribution in [2.75, 3.05) is 6.54 Å². The Bertz CT molecular complexity index is 561. The van der Waals surface area contributed by atoms with E-state index < -0.39 is 0 Å². The molecule has 0 aliphatic carbocycles. The van der Waals surface area contributed by atoms with Crippen molar-refractivity contribution in [1.29, 1.82) is 0 Å². The first-order chi connectivity index (χ1) is 8.75. The largest absolute Gasteiger partial charge is 0.309 e. The highest BCUT2D eigenvalue weighted by Gasteiger charge is 2.20. The first-order valence-corrected chi connectivity index (χ1v) is 7.42. The van der Waals surface area contributed by atoms with Crippen LogP contribution in [0.1, 0.15) is 24.6 Å². The first-order valence-electron chi connectivity index (χ1n) is 5.97. The molecule has 1 N–H and O–H groups in total. The molecule has 0 bridgehead atoms. The van der Waals surface area contributed by atoms with Gasteiger partial charge in [-0.05, 0) is 60.2 Å². The summed E-state index contributed by atoms with van der Waals surface area (Å²) in [5.74, 6) is 0. The van der Waals surface area contributed by atoms with Gasteiger partial charge in [0.1, 0.15) is 0 Å². The van der Waals surface area contributed by atoms with Crippen molar-refractivity contribution in [2.24, 2.45) is 0 Å². The Morgan fingerprint density at radius 2 is 2.33 bits per heavy atom. The number of nitrogens with one attached hydrogen (secondary N) is 1. The van der Waals surface area contributed by atoms with E-state index in [-0.39, 0.29) is 0 Å². The number of imidazole rings is 1. The van der Waals surface area contributed by atoms with Gasteiger partial charge in [0.05, 0.1) is 23.9 Å². The molecule has 3 nitrogen and oxygen atoms in total. The predicted octanol–water partition coefficient (Wildman–Crippen LogP) is 3.55. The second-order valence-corrected chi connectivity index (χ2v) is 6.03. The summed E-state index contributed by atoms with van der Waals surface area (Å²) in [4.78, 5) is 4.29. The Kier molecular flexibility index (Phi) is 3.59. The molecule has 2 heterocycles. The van der Waals surface area contributed by atoms with E-state index >= 15 is 0 Å². The van der Waals surface area contributed by atoms with Crippen LogP contribution in [0.15, 0.2) is 30.7 Å². The molecule has 1 unspecified atom stereocenters. The molecule has 2 aromatic rings. The topological polar surface area (TPSA) is 29.9 Å². The van der Waals surface area contributed by atoms with Gasteiger partial charge in [-0.1, -0.05) is 11.6 Å². The van der Waals surface area contributed by atoms with Gasteiger partial charge in [0.15, 0.2) is 0 Å². The third kappa shape index (κ3) is 2.29. The van der Waals surface area contributed by atoms with Crippen LogP contribution in [0.2, 0.25) is 5.02 Å². The first kappa shape index (κ1) is 12.4. The monoisotopic (exact) mass is 373 g/mol. The number of hydrogen-bond donors (Lipinski definition) is 1. The lowest BCUT2D eigenvalue weighted by Crippen LogP contribution is -2.16. The Morgan fingerprint density at radius 1 is 1.44 bits per heavy atom. The second kappa shape index (κ2) is 5.19. The third-order valence-corrected chi connectivity index (χ3v) is 4.35. The van der Waals surface area contributed by atoms with Gasteiger partial charge in [0.25, 0.3) is 0 Å². The summed E-state index contributed by atoms with van der Waals surface area (Å²) < 4.78 is 3.29. The molecule has 1 aliphatic rings. The van der Waals surface area contributed by atoms with Crippen LogP contribution in [-0.4, -0.2) is 16.1 Å². The van der Waals surface area contributed by atoms with Crippen LogP contribution in [0.4, 0.5) is 0 Å². The van der Waals surface area contributed by atoms with E-state index in [2.05, 4.69) is 37.5 Å². The molecule has 0 radical (unpaired) electrons. The molecule has 5 heteroatoms. The van der Waals surface area contributed by atoms with E-state index in [1.165, 1.54) is 18.5 Å². The van der Waals surface area contributed by atoms with Crippen LogP contribution in [0.25, 0.3) is 5.69 Å². The standard InChI is InChI=1S/C13H13ClIN3/c14-9-3-4-12(10(15)6-9)18-8-16-7-13(18)11-2-1-5-17-11/h3-4,6-8,11,17H,1-2,5H2. The molecule has 0 spiro atoms. The van der Waals surface area contributed by atoms with E-state index in [0.29, 0.717) is 6.04 Å². The number of rotatable bonds is 2. The van der Waals surface area contributed by atoms with Gasteiger partial charge in [-0.25, -0.2) is 4.98 Å². The van der Waals surface area contributed by atoms with Crippen molar-refractivity contribution in [2.45, 2.75) is 18.9 Å². The average Bonchev–Trinajstić information content (AvgIpc) is 2.98. The summed E-state index contributed by atoms with van der Waals surface area (Å²) in [7, 11) is 0. The molecule has 3 rings (SSSR count). The van der Waals surface area contributed by atoms with Crippen LogP contribution >= 0.6 is 34.2 Å². The Morgan fingerprint density at radius 3 is 3.06 bits per heavy atom. The fourth-order valence-electron chi connectivity index (χ4n) is 2.38. The van der Waals surface area contributed by atoms with Crippen molar-refractivity contribution in [1.82, 2.24) is 14.9 Å². The summed E-state index contributed by atoms with van der Waals surface area (Å²) >= 11 is 8.32. The second-order valence-electron chi connectivity index (χ2n) is 4.43. The number of nitrogens with zero attached hydrogens (tertiary/aromatic N) is 2. The zero-order valence-electron chi connectivity index (χ0n) is 9.74. The summed E-state index contributed by atoms with van der Waals surface area (Å²) in [6.45, 7) is 1.09. The van der Waals surface area contributed by atoms with Gasteiger partial charge < -0.3 is 9.88 Å². The molecule has 94 valence electrons. The van der Waals surface area contributed by atoms with Crippen molar-refractivity contribution in [3.63, 3.8) is 0 Å². The van der Waals surface area contributed by atoms with Gasteiger partial charge in [0.2, 0.25) is 0 Å². The molecule has 1 aliphatic heterocycles. The molecule has 18 heavy (non-hydrogen) atoms. The Labute approximate surface area is 125 Å². The van der Waals surface area contributed by atoms with Crippen molar-refractivity contribution in [3.8, 4) is 5.69 Å². The highest BCUT2D eigenvalue weighted by atomic mass is 127. The normalized spacial score (nSPS) is 19.3. The van der Waals surface area contributed by atoms with Gasteiger partial charge in [0, 0.05) is 14.6 Å². The van der Waals surface area contributed by atoms with Crippen molar-refractivity contribution < 1.29 is 0 Å². The smallest absolute Gasteiger partial charge is 0.0995 e. The van der Waals surface area contributed by atoms with Gasteiger partial charge in [-0.2, -0.15) is 0 Å². The minimum atomic E-state index is 0.416. The van der Waals surface area contributed by atoms with Crippen LogP contribution in [0, 0.1) is 3.57 Å². The molecule has 1 fully saturated rings. The number of aromatic nitrogens is 2. The summed E-state index contributed by atoms with van der Waals surface area (Å²) in [5.41, 5.74) is 2.37. The van der Waals surface area contributed by atoms with Crippen LogP contribution < -0.4 is 5.32 Å². The molecule has 0 saturated carbocycles. The van der Waals surface area contributed by atoms with E-state index in [1.54, 1.807) is 0 Å². The third-order valence-electron chi connectivity index (χ3n) is 3.25. The van der Waals surface area contributed by atoms with E-state index in [0.717, 1.165) is 20.8 Å². The number of halogens is 2. The van der Waals surface area contributed by atoms with Crippen molar-refractivity contribution >= 4 is 34.2 Å². The Balaban J connectivity index is 2.03. The highest BCUT2D eigenvalue weighted by molar-refractivity contribution is 14.1. The quantitative estimate of drug-likeness (QED) is 0.816. The van der Waals surface area contributed by atoms with Crippen LogP contribution in [-0.2, 0) is 0 Å². The number of hydrogen-bond acceptors (Lipinski definition) is 2. The summed E-state index contributed by atoms with van der Waals surface area (Å²) in [6, 6.07) is 6.36. The molecule has 1 aromatic carbocycles. The van der Waals surface area contributed by atoms with Gasteiger partial charge in [-0.3, -0.25) is 0 Å². The molecule has 1 atom stereocenters. The van der Waals surface area contributed by atoms with Crippen LogP contribution in [0.3, 0.4) is 0 Å². The molecular weight excluding hydrogens is 361 g/mol. The minimum absolute atomic E-state index is 0.416. The SMILES string of the molecule is Clc1ccc(-n2cncc2C2CCCN2)c(I)c1. The fourth-order valence-corrected chi connectivity index (χ4v) is 3.51. The zero-order chi connectivity index (χ0) is 12.5. The van der Waals surface area contributed by atoms with Gasteiger partial charge >= 0.3 is 0 Å². The number of benzene rings is 1. The highest BCUT2D eigenvalue weighted by Crippen LogP contribution is 2.28. The lowest BCUT2D eigenvalue weighted by atomic mass is 10.1. The average molecular weight is 374 g/mol. The fraction of sp³-hybridized carbons (Fsp3) is 0.308. The lowest BCUT2D eigenvalue weighted by molar-refractivity contribution is 0.615. The van der Waals surface area contributed by atoms with Crippen molar-refractivity contribution in [3.05, 3.63) is 45.0 Å². The predicted molar refractivity (Wildman–Crippen MR) is 81.3 cm³/mol. The lowest BCUT2D eigenvalue weighted by Gasteiger charge is -2.15. The molecule has 0 amide bonds. The maximum Gasteiger partial charge on any atom is 0.0995 e.